The van der Waals surface area contributed by atoms with Gasteiger partial charge < -0.3 is 10.0 Å². The Morgan fingerprint density at radius 2 is 2.10 bits per heavy atom. The number of aliphatic hydroxyl groups is 1. The minimum Gasteiger partial charge on any atom is -0.396 e. The molecule has 1 aromatic heterocycles. The Kier molecular flexibility index (Phi) is 5.33. The summed E-state index contributed by atoms with van der Waals surface area (Å²) in [6.45, 7) is 5.46. The molecule has 0 saturated carbocycles. The highest BCUT2D eigenvalue weighted by molar-refractivity contribution is 6.04. The summed E-state index contributed by atoms with van der Waals surface area (Å²) < 4.78 is 0. The van der Waals surface area contributed by atoms with Crippen LogP contribution >= 0.6 is 0 Å². The molecule has 0 fully saturated rings. The zero-order valence-electron chi connectivity index (χ0n) is 12.7. The van der Waals surface area contributed by atoms with Crippen LogP contribution in [0.4, 0.5) is 0 Å². The van der Waals surface area contributed by atoms with Crippen molar-refractivity contribution in [3.8, 4) is 0 Å². The zero-order chi connectivity index (χ0) is 15.2. The largest absolute Gasteiger partial charge is 0.396 e. The fourth-order valence-corrected chi connectivity index (χ4v) is 2.37. The number of benzene rings is 1. The number of hydrogen-bond donors (Lipinski definition) is 2. The molecule has 0 aliphatic rings. The van der Waals surface area contributed by atoms with Gasteiger partial charge in [0.15, 0.2) is 5.69 Å². The summed E-state index contributed by atoms with van der Waals surface area (Å²) in [4.78, 5) is 14.5. The Morgan fingerprint density at radius 1 is 1.33 bits per heavy atom. The summed E-state index contributed by atoms with van der Waals surface area (Å²) in [5, 5.41) is 17.0. The molecule has 0 saturated heterocycles. The number of carbonyl (C=O) groups excluding carboxylic acids is 1. The normalized spacial score (nSPS) is 11.0. The second-order valence-corrected chi connectivity index (χ2v) is 5.34. The first-order valence-electron chi connectivity index (χ1n) is 7.52. The van der Waals surface area contributed by atoms with Crippen molar-refractivity contribution >= 4 is 16.8 Å². The summed E-state index contributed by atoms with van der Waals surface area (Å²) in [6, 6.07) is 5.92. The SMILES string of the molecule is CCCCN(CCCO)C(=O)c1n[nH]c2ccc(C)cc12. The van der Waals surface area contributed by atoms with Crippen LogP contribution in [0.1, 0.15) is 42.2 Å². The molecule has 2 aromatic rings. The third kappa shape index (κ3) is 3.61. The van der Waals surface area contributed by atoms with E-state index in [1.54, 1.807) is 4.90 Å². The van der Waals surface area contributed by atoms with E-state index in [0.29, 0.717) is 25.2 Å². The van der Waals surface area contributed by atoms with Crippen LogP contribution in [0.15, 0.2) is 18.2 Å². The van der Waals surface area contributed by atoms with Gasteiger partial charge in [-0.2, -0.15) is 5.10 Å². The van der Waals surface area contributed by atoms with Crippen LogP contribution in [0.25, 0.3) is 10.9 Å². The summed E-state index contributed by atoms with van der Waals surface area (Å²) in [7, 11) is 0. The quantitative estimate of drug-likeness (QED) is 0.823. The molecule has 1 aromatic carbocycles. The maximum absolute atomic E-state index is 12.7. The van der Waals surface area contributed by atoms with Crippen LogP contribution in [0, 0.1) is 6.92 Å². The lowest BCUT2D eigenvalue weighted by Crippen LogP contribution is -2.33. The predicted molar refractivity (Wildman–Crippen MR) is 83.3 cm³/mol. The van der Waals surface area contributed by atoms with Crippen LogP contribution < -0.4 is 0 Å². The lowest BCUT2D eigenvalue weighted by atomic mass is 10.1. The molecule has 114 valence electrons. The predicted octanol–water partition coefficient (Wildman–Crippen LogP) is 2.50. The van der Waals surface area contributed by atoms with Gasteiger partial charge in [0.2, 0.25) is 0 Å². The number of aliphatic hydroxyl groups excluding tert-OH is 1. The van der Waals surface area contributed by atoms with Gasteiger partial charge in [-0.05, 0) is 31.9 Å². The molecule has 1 amide bonds. The molecule has 2 rings (SSSR count). The number of unbranched alkanes of at least 4 members (excludes halogenated alkanes) is 1. The Morgan fingerprint density at radius 3 is 2.81 bits per heavy atom. The van der Waals surface area contributed by atoms with E-state index >= 15 is 0 Å². The number of aromatic nitrogens is 2. The van der Waals surface area contributed by atoms with E-state index in [1.807, 2.05) is 25.1 Å². The fraction of sp³-hybridized carbons (Fsp3) is 0.500. The molecule has 5 nitrogen and oxygen atoms in total. The average molecular weight is 289 g/mol. The highest BCUT2D eigenvalue weighted by Crippen LogP contribution is 2.19. The van der Waals surface area contributed by atoms with Crippen LogP contribution in [0.3, 0.4) is 0 Å². The standard InChI is InChI=1S/C16H23N3O2/c1-3-4-8-19(9-5-10-20)16(21)15-13-11-12(2)6-7-14(13)17-18-15/h6-7,11,20H,3-5,8-10H2,1-2H3,(H,17,18). The van der Waals surface area contributed by atoms with Gasteiger partial charge >= 0.3 is 0 Å². The Labute approximate surface area is 125 Å². The van der Waals surface area contributed by atoms with Crippen LogP contribution in [0.5, 0.6) is 0 Å². The highest BCUT2D eigenvalue weighted by Gasteiger charge is 2.20. The Balaban J connectivity index is 2.26. The third-order valence-electron chi connectivity index (χ3n) is 3.58. The molecule has 0 aliphatic heterocycles. The lowest BCUT2D eigenvalue weighted by molar-refractivity contribution is 0.0738. The molecule has 0 bridgehead atoms. The molecule has 21 heavy (non-hydrogen) atoms. The van der Waals surface area contributed by atoms with Crippen molar-refractivity contribution in [3.63, 3.8) is 0 Å². The van der Waals surface area contributed by atoms with Gasteiger partial charge in [-0.25, -0.2) is 0 Å². The molecule has 0 atom stereocenters. The molecule has 0 radical (unpaired) electrons. The number of aryl methyl sites for hydroxylation is 1. The van der Waals surface area contributed by atoms with Crippen molar-refractivity contribution < 1.29 is 9.90 Å². The number of nitrogens with zero attached hydrogens (tertiary/aromatic N) is 2. The summed E-state index contributed by atoms with van der Waals surface area (Å²) in [5.41, 5.74) is 2.46. The first-order chi connectivity index (χ1) is 10.2. The van der Waals surface area contributed by atoms with E-state index in [-0.39, 0.29) is 12.5 Å². The van der Waals surface area contributed by atoms with Gasteiger partial charge in [0, 0.05) is 25.1 Å². The van der Waals surface area contributed by atoms with Gasteiger partial charge in [-0.3, -0.25) is 9.89 Å². The van der Waals surface area contributed by atoms with E-state index in [9.17, 15) is 4.79 Å². The van der Waals surface area contributed by atoms with Crippen LogP contribution in [-0.4, -0.2) is 45.8 Å². The Hall–Kier alpha value is -1.88. The smallest absolute Gasteiger partial charge is 0.274 e. The number of rotatable bonds is 7. The number of H-pyrrole nitrogens is 1. The van der Waals surface area contributed by atoms with Crippen molar-refractivity contribution in [2.75, 3.05) is 19.7 Å². The van der Waals surface area contributed by atoms with Crippen molar-refractivity contribution in [3.05, 3.63) is 29.5 Å². The molecule has 2 N–H and O–H groups in total. The number of hydrogen-bond acceptors (Lipinski definition) is 3. The van der Waals surface area contributed by atoms with Crippen molar-refractivity contribution in [2.45, 2.75) is 33.1 Å². The number of aromatic amines is 1. The molecular weight excluding hydrogens is 266 g/mol. The average Bonchev–Trinajstić information content (AvgIpc) is 2.89. The molecule has 1 heterocycles. The van der Waals surface area contributed by atoms with Gasteiger partial charge in [0.25, 0.3) is 5.91 Å². The van der Waals surface area contributed by atoms with Gasteiger partial charge in [-0.1, -0.05) is 25.0 Å². The van der Waals surface area contributed by atoms with Crippen molar-refractivity contribution in [1.29, 1.82) is 0 Å². The van der Waals surface area contributed by atoms with E-state index in [4.69, 9.17) is 5.11 Å². The summed E-state index contributed by atoms with van der Waals surface area (Å²) in [5.74, 6) is -0.0613. The van der Waals surface area contributed by atoms with Crippen LogP contribution in [-0.2, 0) is 0 Å². The number of amides is 1. The van der Waals surface area contributed by atoms with Crippen molar-refractivity contribution in [2.24, 2.45) is 0 Å². The highest BCUT2D eigenvalue weighted by atomic mass is 16.3. The number of fused-ring (bicyclic) bond motifs is 1. The minimum absolute atomic E-state index is 0.0613. The monoisotopic (exact) mass is 289 g/mol. The van der Waals surface area contributed by atoms with E-state index in [0.717, 1.165) is 29.3 Å². The Bertz CT molecular complexity index is 599. The molecule has 0 spiro atoms. The molecular formula is C16H23N3O2. The van der Waals surface area contributed by atoms with E-state index < -0.39 is 0 Å². The lowest BCUT2D eigenvalue weighted by Gasteiger charge is -2.21. The van der Waals surface area contributed by atoms with Crippen LogP contribution in [0.2, 0.25) is 0 Å². The third-order valence-corrected chi connectivity index (χ3v) is 3.58. The van der Waals surface area contributed by atoms with E-state index in [2.05, 4.69) is 17.1 Å². The van der Waals surface area contributed by atoms with Gasteiger partial charge in [0.05, 0.1) is 5.52 Å². The maximum Gasteiger partial charge on any atom is 0.274 e. The zero-order valence-corrected chi connectivity index (χ0v) is 12.7. The molecule has 5 heteroatoms. The van der Waals surface area contributed by atoms with Gasteiger partial charge in [0.1, 0.15) is 0 Å². The second-order valence-electron chi connectivity index (χ2n) is 5.34. The first-order valence-corrected chi connectivity index (χ1v) is 7.52. The van der Waals surface area contributed by atoms with Crippen molar-refractivity contribution in [1.82, 2.24) is 15.1 Å². The number of nitrogens with one attached hydrogen (secondary N) is 1. The second kappa shape index (κ2) is 7.22. The first kappa shape index (κ1) is 15.5. The van der Waals surface area contributed by atoms with E-state index in [1.165, 1.54) is 0 Å². The van der Waals surface area contributed by atoms with Gasteiger partial charge in [-0.15, -0.1) is 0 Å². The summed E-state index contributed by atoms with van der Waals surface area (Å²) in [6.07, 6.45) is 2.58. The number of carbonyl (C=O) groups is 1. The fourth-order valence-electron chi connectivity index (χ4n) is 2.37. The minimum atomic E-state index is -0.0613. The maximum atomic E-state index is 12.7. The molecule has 0 aliphatic carbocycles. The molecule has 0 unspecified atom stereocenters. The summed E-state index contributed by atoms with van der Waals surface area (Å²) >= 11 is 0. The topological polar surface area (TPSA) is 69.2 Å².